The third-order valence-corrected chi connectivity index (χ3v) is 11.2. The second kappa shape index (κ2) is 13.3. The molecule has 10 aromatic rings. The van der Waals surface area contributed by atoms with Crippen molar-refractivity contribution in [3.63, 3.8) is 0 Å². The molecule has 3 heterocycles. The minimum Gasteiger partial charge on any atom is -0.337 e. The van der Waals surface area contributed by atoms with Crippen LogP contribution in [0.2, 0.25) is 0 Å². The number of rotatable bonds is 6. The van der Waals surface area contributed by atoms with Crippen LogP contribution in [-0.2, 0) is 0 Å². The number of fused-ring (bicyclic) bond motifs is 6. The maximum Gasteiger partial charge on any atom is 0.162 e. The summed E-state index contributed by atoms with van der Waals surface area (Å²) in [5.74, 6) is 0.860. The first-order valence-electron chi connectivity index (χ1n) is 19.2. The lowest BCUT2D eigenvalue weighted by Crippen LogP contribution is -2.47. The van der Waals surface area contributed by atoms with Gasteiger partial charge in [0.25, 0.3) is 0 Å². The number of nitrogens with one attached hydrogen (secondary N) is 2. The Morgan fingerprint density at radius 2 is 0.964 bits per heavy atom. The summed E-state index contributed by atoms with van der Waals surface area (Å²) in [5.41, 5.74) is 12.7. The predicted octanol–water partition coefficient (Wildman–Crippen LogP) is 12.0. The summed E-state index contributed by atoms with van der Waals surface area (Å²) in [6.45, 7) is 0. The fourth-order valence-corrected chi connectivity index (χ4v) is 8.61. The number of hydrogen-bond acceptors (Lipinski definition) is 3. The molecule has 2 N–H and O–H groups in total. The largest absolute Gasteiger partial charge is 0.337 e. The average Bonchev–Trinajstić information content (AvgIpc) is 3.78. The van der Waals surface area contributed by atoms with Gasteiger partial charge in [0.1, 0.15) is 12.0 Å². The Hall–Kier alpha value is -7.21. The molecule has 5 heteroatoms. The maximum atomic E-state index is 5.21. The molecular formula is C51H37N5. The molecule has 5 nitrogen and oxygen atoms in total. The van der Waals surface area contributed by atoms with Gasteiger partial charge in [0, 0.05) is 32.7 Å². The zero-order chi connectivity index (χ0) is 37.0. The van der Waals surface area contributed by atoms with Crippen molar-refractivity contribution < 1.29 is 0 Å². The molecule has 2 aromatic heterocycles. The molecule has 56 heavy (non-hydrogen) atoms. The molecule has 8 aromatic carbocycles. The van der Waals surface area contributed by atoms with Gasteiger partial charge in [0.05, 0.1) is 27.8 Å². The molecule has 0 aliphatic carbocycles. The molecular weight excluding hydrogens is 683 g/mol. The van der Waals surface area contributed by atoms with Crippen LogP contribution < -0.4 is 10.6 Å². The third-order valence-electron chi connectivity index (χ3n) is 11.2. The average molecular weight is 720 g/mol. The van der Waals surface area contributed by atoms with E-state index in [0.717, 1.165) is 33.7 Å². The Labute approximate surface area is 324 Å². The quantitative estimate of drug-likeness (QED) is 0.180. The van der Waals surface area contributed by atoms with Crippen molar-refractivity contribution in [2.45, 2.75) is 12.5 Å². The van der Waals surface area contributed by atoms with Crippen LogP contribution in [0.25, 0.3) is 71.6 Å². The topological polar surface area (TPSA) is 46.3 Å². The number of aromatic nitrogens is 2. The molecule has 0 amide bonds. The molecule has 1 aliphatic heterocycles. The Morgan fingerprint density at radius 3 is 1.68 bits per heavy atom. The van der Waals surface area contributed by atoms with Crippen molar-refractivity contribution in [2.75, 3.05) is 0 Å². The molecule has 0 saturated carbocycles. The van der Waals surface area contributed by atoms with Crippen LogP contribution in [0.3, 0.4) is 0 Å². The smallest absolute Gasteiger partial charge is 0.162 e. The molecule has 0 bridgehead atoms. The van der Waals surface area contributed by atoms with E-state index in [1.54, 1.807) is 0 Å². The molecule has 266 valence electrons. The molecule has 0 saturated heterocycles. The van der Waals surface area contributed by atoms with Gasteiger partial charge in [-0.3, -0.25) is 5.32 Å². The highest BCUT2D eigenvalue weighted by Gasteiger charge is 2.29. The lowest BCUT2D eigenvalue weighted by Gasteiger charge is -2.33. The lowest BCUT2D eigenvalue weighted by atomic mass is 9.98. The standard InChI is InChI=1S/C51H37N5/c1-5-17-34(18-6-1)38-29-30-39(35-19-7-2-8-20-35)46(31-38)55-44-27-15-13-25-40(44)42-33-48-43(32-47(42)55)41-26-14-16-28-45(41)56(48)51-53-49(36-21-9-3-10-22-36)52-50(54-51)37-23-11-4-12-24-37/h1-33,49,51,53H,(H,52,54). The second-order valence-corrected chi connectivity index (χ2v) is 14.5. The molecule has 0 fully saturated rings. The van der Waals surface area contributed by atoms with Crippen molar-refractivity contribution in [1.82, 2.24) is 19.8 Å². The highest BCUT2D eigenvalue weighted by molar-refractivity contribution is 6.19. The first kappa shape index (κ1) is 32.2. The number of nitrogens with zero attached hydrogens (tertiary/aromatic N) is 3. The van der Waals surface area contributed by atoms with Gasteiger partial charge in [0.2, 0.25) is 0 Å². The van der Waals surface area contributed by atoms with E-state index in [-0.39, 0.29) is 12.5 Å². The van der Waals surface area contributed by atoms with Gasteiger partial charge in [-0.1, -0.05) is 170 Å². The predicted molar refractivity (Wildman–Crippen MR) is 232 cm³/mol. The maximum absolute atomic E-state index is 5.21. The Kier molecular flexibility index (Phi) is 7.64. The Balaban J connectivity index is 1.17. The van der Waals surface area contributed by atoms with Crippen LogP contribution in [0.4, 0.5) is 0 Å². The zero-order valence-corrected chi connectivity index (χ0v) is 30.5. The summed E-state index contributed by atoms with van der Waals surface area (Å²) >= 11 is 0. The van der Waals surface area contributed by atoms with Gasteiger partial charge in [-0.05, 0) is 52.6 Å². The molecule has 0 spiro atoms. The van der Waals surface area contributed by atoms with Crippen LogP contribution >= 0.6 is 0 Å². The van der Waals surface area contributed by atoms with E-state index in [1.807, 2.05) is 6.07 Å². The monoisotopic (exact) mass is 719 g/mol. The highest BCUT2D eigenvalue weighted by atomic mass is 15.4. The van der Waals surface area contributed by atoms with Crippen LogP contribution in [-0.4, -0.2) is 15.0 Å². The van der Waals surface area contributed by atoms with Crippen molar-refractivity contribution in [2.24, 2.45) is 4.99 Å². The van der Waals surface area contributed by atoms with E-state index in [0.29, 0.717) is 0 Å². The van der Waals surface area contributed by atoms with Crippen molar-refractivity contribution in [3.05, 3.63) is 211 Å². The summed E-state index contributed by atoms with van der Waals surface area (Å²) in [5, 5.41) is 12.5. The van der Waals surface area contributed by atoms with Crippen molar-refractivity contribution >= 4 is 49.4 Å². The molecule has 2 atom stereocenters. The Morgan fingerprint density at radius 1 is 0.411 bits per heavy atom. The first-order valence-corrected chi connectivity index (χ1v) is 19.2. The fraction of sp³-hybridized carbons (Fsp3) is 0.0392. The first-order chi connectivity index (χ1) is 27.8. The van der Waals surface area contributed by atoms with Crippen LogP contribution in [0.5, 0.6) is 0 Å². The molecule has 11 rings (SSSR count). The van der Waals surface area contributed by atoms with Gasteiger partial charge >= 0.3 is 0 Å². The highest BCUT2D eigenvalue weighted by Crippen LogP contribution is 2.42. The SMILES string of the molecule is c1ccc(C2=NC(c3ccccc3)NC(n3c4ccccc4c4cc5c(cc43)c3ccccc3n5-c3cc(-c4ccccc4)ccc3-c3ccccc3)N2)cc1. The number of amidine groups is 1. The molecule has 0 radical (unpaired) electrons. The minimum absolute atomic E-state index is 0.243. The van der Waals surface area contributed by atoms with E-state index in [4.69, 9.17) is 4.99 Å². The number of aliphatic imine (C=N–C) groups is 1. The van der Waals surface area contributed by atoms with E-state index in [1.165, 1.54) is 54.8 Å². The zero-order valence-electron chi connectivity index (χ0n) is 30.5. The minimum atomic E-state index is -0.284. The van der Waals surface area contributed by atoms with Gasteiger partial charge in [-0.15, -0.1) is 0 Å². The normalized spacial score (nSPS) is 15.7. The van der Waals surface area contributed by atoms with Gasteiger partial charge in [0.15, 0.2) is 6.29 Å². The van der Waals surface area contributed by atoms with Gasteiger partial charge < -0.3 is 14.5 Å². The number of benzene rings is 8. The van der Waals surface area contributed by atoms with E-state index < -0.39 is 0 Å². The third kappa shape index (κ3) is 5.32. The Bertz CT molecular complexity index is 3070. The van der Waals surface area contributed by atoms with Gasteiger partial charge in [-0.2, -0.15) is 0 Å². The summed E-state index contributed by atoms with van der Waals surface area (Å²) < 4.78 is 4.91. The molecule has 1 aliphatic rings. The van der Waals surface area contributed by atoms with Crippen LogP contribution in [0, 0.1) is 0 Å². The summed E-state index contributed by atoms with van der Waals surface area (Å²) in [4.78, 5) is 5.21. The van der Waals surface area contributed by atoms with Crippen molar-refractivity contribution in [1.29, 1.82) is 0 Å². The number of hydrogen-bond donors (Lipinski definition) is 2. The lowest BCUT2D eigenvalue weighted by molar-refractivity contribution is 0.329. The number of para-hydroxylation sites is 2. The summed E-state index contributed by atoms with van der Waals surface area (Å²) in [6.07, 6.45) is -0.527. The second-order valence-electron chi connectivity index (χ2n) is 14.5. The summed E-state index contributed by atoms with van der Waals surface area (Å²) in [6, 6.07) is 71.7. The fourth-order valence-electron chi connectivity index (χ4n) is 8.61. The van der Waals surface area contributed by atoms with Gasteiger partial charge in [-0.25, -0.2) is 4.99 Å². The molecule has 2 unspecified atom stereocenters. The van der Waals surface area contributed by atoms with E-state index in [2.05, 4.69) is 214 Å². The summed E-state index contributed by atoms with van der Waals surface area (Å²) in [7, 11) is 0. The van der Waals surface area contributed by atoms with E-state index in [9.17, 15) is 0 Å². The van der Waals surface area contributed by atoms with Crippen molar-refractivity contribution in [3.8, 4) is 27.9 Å². The van der Waals surface area contributed by atoms with Crippen LogP contribution in [0.1, 0.15) is 23.6 Å². The van der Waals surface area contributed by atoms with Crippen LogP contribution in [0.15, 0.2) is 205 Å². The van der Waals surface area contributed by atoms with E-state index >= 15 is 0 Å².